The molecule has 0 saturated carbocycles. The average Bonchev–Trinajstić information content (AvgIpc) is 2.67. The molecule has 28 heavy (non-hydrogen) atoms. The summed E-state index contributed by atoms with van der Waals surface area (Å²) in [7, 11) is 1.99. The van der Waals surface area contributed by atoms with Crippen molar-refractivity contribution in [1.29, 1.82) is 0 Å². The molecule has 1 aromatic carbocycles. The van der Waals surface area contributed by atoms with Crippen LogP contribution in [0, 0.1) is 0 Å². The first kappa shape index (κ1) is 20.3. The van der Waals surface area contributed by atoms with Gasteiger partial charge < -0.3 is 10.2 Å². The Bertz CT molecular complexity index is 839. The summed E-state index contributed by atoms with van der Waals surface area (Å²) in [6.07, 6.45) is 0.980. The Morgan fingerprint density at radius 3 is 2.71 bits per heavy atom. The van der Waals surface area contributed by atoms with E-state index in [1.807, 2.05) is 19.2 Å². The number of benzene rings is 1. The van der Waals surface area contributed by atoms with E-state index in [1.54, 1.807) is 19.3 Å². The van der Waals surface area contributed by atoms with E-state index in [9.17, 15) is 18.0 Å². The smallest absolute Gasteiger partial charge is 0.341 e. The fraction of sp³-hybridized carbons (Fsp3) is 0.429. The Morgan fingerprint density at radius 2 is 2.11 bits per heavy atom. The van der Waals surface area contributed by atoms with Gasteiger partial charge in [0.05, 0.1) is 11.1 Å². The van der Waals surface area contributed by atoms with Crippen LogP contribution in [0.4, 0.5) is 13.2 Å². The molecule has 7 heteroatoms. The fourth-order valence-corrected chi connectivity index (χ4v) is 3.89. The summed E-state index contributed by atoms with van der Waals surface area (Å²) in [5, 5.41) is 3.13. The molecule has 0 radical (unpaired) electrons. The first-order valence-electron chi connectivity index (χ1n) is 9.37. The van der Waals surface area contributed by atoms with Crippen molar-refractivity contribution >= 4 is 5.91 Å². The standard InChI is InChI=1S/C21H24F3N3O/c1-3-15-12-16(21(22,23)24)7-8-18(15)19(28)26-20(9-5-11-27(2)14-20)17-6-4-10-25-13-17/h4,6-8,10,12-13H,3,5,9,11,14H2,1-2H3,(H,26,28). The molecule has 0 spiro atoms. The van der Waals surface area contributed by atoms with E-state index in [4.69, 9.17) is 0 Å². The van der Waals surface area contributed by atoms with Crippen molar-refractivity contribution in [3.63, 3.8) is 0 Å². The number of nitrogens with one attached hydrogen (secondary N) is 1. The van der Waals surface area contributed by atoms with E-state index in [2.05, 4.69) is 15.2 Å². The van der Waals surface area contributed by atoms with Gasteiger partial charge in [0.25, 0.3) is 5.91 Å². The Morgan fingerprint density at radius 1 is 1.32 bits per heavy atom. The van der Waals surface area contributed by atoms with Gasteiger partial charge in [-0.3, -0.25) is 9.78 Å². The maximum atomic E-state index is 13.1. The van der Waals surface area contributed by atoms with Crippen LogP contribution in [0.3, 0.4) is 0 Å². The highest BCUT2D eigenvalue weighted by atomic mass is 19.4. The molecule has 1 N–H and O–H groups in total. The van der Waals surface area contributed by atoms with Gasteiger partial charge in [-0.1, -0.05) is 13.0 Å². The number of aryl methyl sites for hydroxylation is 1. The summed E-state index contributed by atoms with van der Waals surface area (Å²) < 4.78 is 39.1. The van der Waals surface area contributed by atoms with E-state index in [0.717, 1.165) is 37.1 Å². The molecule has 1 unspecified atom stereocenters. The number of carbonyl (C=O) groups excluding carboxylic acids is 1. The maximum Gasteiger partial charge on any atom is 0.416 e. The van der Waals surface area contributed by atoms with Gasteiger partial charge >= 0.3 is 6.18 Å². The van der Waals surface area contributed by atoms with Crippen LogP contribution in [0.25, 0.3) is 0 Å². The minimum absolute atomic E-state index is 0.284. The zero-order valence-electron chi connectivity index (χ0n) is 16.0. The summed E-state index contributed by atoms with van der Waals surface area (Å²) in [5.74, 6) is -0.357. The third kappa shape index (κ3) is 4.19. The first-order valence-corrected chi connectivity index (χ1v) is 9.37. The lowest BCUT2D eigenvalue weighted by atomic mass is 9.82. The molecule has 1 fully saturated rings. The molecule has 2 aromatic rings. The molecular weight excluding hydrogens is 367 g/mol. The second-order valence-corrected chi connectivity index (χ2v) is 7.34. The van der Waals surface area contributed by atoms with Crippen molar-refractivity contribution in [1.82, 2.24) is 15.2 Å². The third-order valence-electron chi connectivity index (χ3n) is 5.31. The highest BCUT2D eigenvalue weighted by Gasteiger charge is 2.38. The van der Waals surface area contributed by atoms with Gasteiger partial charge in [0.15, 0.2) is 0 Å². The quantitative estimate of drug-likeness (QED) is 0.857. The van der Waals surface area contributed by atoms with Gasteiger partial charge in [0, 0.05) is 24.5 Å². The maximum absolute atomic E-state index is 13.1. The number of carbonyl (C=O) groups is 1. The van der Waals surface area contributed by atoms with Crippen LogP contribution >= 0.6 is 0 Å². The predicted molar refractivity (Wildman–Crippen MR) is 101 cm³/mol. The molecular formula is C21H24F3N3O. The first-order chi connectivity index (χ1) is 13.2. The number of hydrogen-bond donors (Lipinski definition) is 1. The molecule has 0 bridgehead atoms. The highest BCUT2D eigenvalue weighted by molar-refractivity contribution is 5.96. The number of likely N-dealkylation sites (tertiary alicyclic amines) is 1. The number of nitrogens with zero attached hydrogens (tertiary/aromatic N) is 2. The van der Waals surface area contributed by atoms with Crippen molar-refractivity contribution in [2.24, 2.45) is 0 Å². The van der Waals surface area contributed by atoms with Gasteiger partial charge in [-0.05, 0) is 68.2 Å². The van der Waals surface area contributed by atoms with Crippen LogP contribution in [-0.4, -0.2) is 35.9 Å². The van der Waals surface area contributed by atoms with Gasteiger partial charge in [-0.2, -0.15) is 13.2 Å². The number of likely N-dealkylation sites (N-methyl/N-ethyl adjacent to an activating group) is 1. The number of alkyl halides is 3. The van der Waals surface area contributed by atoms with Crippen LogP contribution in [-0.2, 0) is 18.1 Å². The monoisotopic (exact) mass is 391 g/mol. The zero-order chi connectivity index (χ0) is 20.4. The number of rotatable bonds is 4. The predicted octanol–water partition coefficient (Wildman–Crippen LogP) is 4.01. The lowest BCUT2D eigenvalue weighted by Gasteiger charge is -2.42. The van der Waals surface area contributed by atoms with Crippen molar-refractivity contribution in [2.75, 3.05) is 20.1 Å². The van der Waals surface area contributed by atoms with Gasteiger partial charge in [0.1, 0.15) is 0 Å². The van der Waals surface area contributed by atoms with E-state index in [-0.39, 0.29) is 11.5 Å². The zero-order valence-corrected chi connectivity index (χ0v) is 16.0. The summed E-state index contributed by atoms with van der Waals surface area (Å²) in [5.41, 5.74) is 0.219. The highest BCUT2D eigenvalue weighted by Crippen LogP contribution is 2.33. The van der Waals surface area contributed by atoms with Gasteiger partial charge in [-0.25, -0.2) is 0 Å². The minimum Gasteiger partial charge on any atom is -0.341 e. The summed E-state index contributed by atoms with van der Waals surface area (Å²) in [6.45, 7) is 3.29. The molecule has 2 heterocycles. The molecule has 0 aliphatic carbocycles. The van der Waals surface area contributed by atoms with Crippen molar-refractivity contribution in [2.45, 2.75) is 37.9 Å². The molecule has 1 aliphatic rings. The Balaban J connectivity index is 1.95. The number of piperidine rings is 1. The van der Waals surface area contributed by atoms with Crippen LogP contribution in [0.15, 0.2) is 42.7 Å². The molecule has 1 saturated heterocycles. The SMILES string of the molecule is CCc1cc(C(F)(F)F)ccc1C(=O)NC1(c2cccnc2)CCCN(C)C1. The molecule has 150 valence electrons. The number of pyridine rings is 1. The molecule has 3 rings (SSSR count). The summed E-state index contributed by atoms with van der Waals surface area (Å²) >= 11 is 0. The Labute approximate surface area is 162 Å². The second-order valence-electron chi connectivity index (χ2n) is 7.34. The van der Waals surface area contributed by atoms with Crippen LogP contribution < -0.4 is 5.32 Å². The van der Waals surface area contributed by atoms with Crippen LogP contribution in [0.1, 0.15) is 46.8 Å². The number of hydrogen-bond acceptors (Lipinski definition) is 3. The third-order valence-corrected chi connectivity index (χ3v) is 5.31. The second kappa shape index (κ2) is 7.91. The number of amides is 1. The fourth-order valence-electron chi connectivity index (χ4n) is 3.89. The van der Waals surface area contributed by atoms with Crippen molar-refractivity contribution in [3.8, 4) is 0 Å². The van der Waals surface area contributed by atoms with E-state index < -0.39 is 17.3 Å². The molecule has 4 nitrogen and oxygen atoms in total. The van der Waals surface area contributed by atoms with Crippen LogP contribution in [0.5, 0.6) is 0 Å². The molecule has 1 aliphatic heterocycles. The molecule has 1 aromatic heterocycles. The largest absolute Gasteiger partial charge is 0.416 e. The lowest BCUT2D eigenvalue weighted by Crippen LogP contribution is -2.55. The lowest BCUT2D eigenvalue weighted by molar-refractivity contribution is -0.137. The van der Waals surface area contributed by atoms with E-state index in [0.29, 0.717) is 18.5 Å². The summed E-state index contributed by atoms with van der Waals surface area (Å²) in [6, 6.07) is 7.07. The van der Waals surface area contributed by atoms with Crippen molar-refractivity contribution in [3.05, 3.63) is 65.0 Å². The Kier molecular flexibility index (Phi) is 5.74. The number of aromatic nitrogens is 1. The minimum atomic E-state index is -4.43. The normalized spacial score (nSPS) is 20.8. The number of halogens is 3. The Hall–Kier alpha value is -2.41. The van der Waals surface area contributed by atoms with Crippen molar-refractivity contribution < 1.29 is 18.0 Å². The van der Waals surface area contributed by atoms with Gasteiger partial charge in [0.2, 0.25) is 0 Å². The van der Waals surface area contributed by atoms with E-state index >= 15 is 0 Å². The average molecular weight is 391 g/mol. The van der Waals surface area contributed by atoms with E-state index in [1.165, 1.54) is 6.07 Å². The summed E-state index contributed by atoms with van der Waals surface area (Å²) in [4.78, 5) is 19.4. The van der Waals surface area contributed by atoms with Gasteiger partial charge in [-0.15, -0.1) is 0 Å². The van der Waals surface area contributed by atoms with Crippen LogP contribution in [0.2, 0.25) is 0 Å². The topological polar surface area (TPSA) is 45.2 Å². The molecule has 1 amide bonds. The molecule has 1 atom stereocenters.